The second-order valence-corrected chi connectivity index (χ2v) is 7.04. The molecule has 2 aromatic rings. The Kier molecular flexibility index (Phi) is 4.76. The molecule has 0 aliphatic carbocycles. The third-order valence-corrected chi connectivity index (χ3v) is 3.51. The van der Waals surface area contributed by atoms with E-state index in [0.29, 0.717) is 10.6 Å². The van der Waals surface area contributed by atoms with E-state index in [4.69, 9.17) is 16.2 Å². The van der Waals surface area contributed by atoms with Crippen LogP contribution in [0.3, 0.4) is 0 Å². The van der Waals surface area contributed by atoms with E-state index in [1.807, 2.05) is 0 Å². The molecule has 0 bridgehead atoms. The number of H-pyrrole nitrogens is 2. The highest BCUT2D eigenvalue weighted by Crippen LogP contribution is 2.38. The van der Waals surface area contributed by atoms with Gasteiger partial charge < -0.3 is 14.9 Å². The van der Waals surface area contributed by atoms with Crippen LogP contribution in [0.4, 0.5) is 0 Å². The van der Waals surface area contributed by atoms with E-state index in [1.165, 1.54) is 12.1 Å². The summed E-state index contributed by atoms with van der Waals surface area (Å²) in [6, 6.07) is 2.86. The van der Waals surface area contributed by atoms with Gasteiger partial charge in [-0.3, -0.25) is 18.9 Å². The average Bonchev–Trinajstić information content (AvgIpc) is 2.38. The first kappa shape index (κ1) is 17.4. The van der Waals surface area contributed by atoms with Gasteiger partial charge in [0.2, 0.25) is 5.91 Å². The van der Waals surface area contributed by atoms with Crippen molar-refractivity contribution in [1.29, 1.82) is 0 Å². The molecule has 1 aromatic carbocycles. The number of carbonyl (C=O) groups is 1. The minimum absolute atomic E-state index is 0.234. The zero-order valence-electron chi connectivity index (χ0n) is 12.1. The van der Waals surface area contributed by atoms with Crippen molar-refractivity contribution in [2.45, 2.75) is 13.5 Å². The number of nitrogens with zero attached hydrogens (tertiary/aromatic N) is 1. The van der Waals surface area contributed by atoms with Crippen LogP contribution in [0.1, 0.15) is 12.5 Å². The quantitative estimate of drug-likeness (QED) is 0.422. The molecule has 0 saturated carbocycles. The van der Waals surface area contributed by atoms with Crippen molar-refractivity contribution in [3.05, 3.63) is 43.4 Å². The van der Waals surface area contributed by atoms with Crippen LogP contribution in [0, 0.1) is 0 Å². The standard InChI is InChI=1S/C12H13ClN3O6P/c1-6(17)16(22-23(2,20)21)5-7-3-8(13)4-9-10(7)15-12(19)11(18)14-9/h3-4H,5H2,1-2H3,(H,14,18)(H,15,19)(H,20,21). The number of hydrogen-bond acceptors (Lipinski definition) is 5. The Labute approximate surface area is 134 Å². The van der Waals surface area contributed by atoms with Gasteiger partial charge in [-0.15, -0.1) is 0 Å². The van der Waals surface area contributed by atoms with Gasteiger partial charge in [0.05, 0.1) is 17.6 Å². The number of halogens is 1. The highest BCUT2D eigenvalue weighted by Gasteiger charge is 2.21. The van der Waals surface area contributed by atoms with Crippen LogP contribution in [-0.2, 0) is 20.5 Å². The van der Waals surface area contributed by atoms with E-state index in [1.54, 1.807) is 0 Å². The molecule has 0 saturated heterocycles. The number of rotatable bonds is 4. The van der Waals surface area contributed by atoms with Crippen LogP contribution in [-0.4, -0.2) is 32.5 Å². The Morgan fingerprint density at radius 1 is 1.35 bits per heavy atom. The third-order valence-electron chi connectivity index (χ3n) is 2.79. The molecular formula is C12H13ClN3O6P. The highest BCUT2D eigenvalue weighted by molar-refractivity contribution is 7.51. The van der Waals surface area contributed by atoms with Crippen LogP contribution in [0.25, 0.3) is 11.0 Å². The molecule has 11 heteroatoms. The molecule has 0 fully saturated rings. The first-order chi connectivity index (χ1) is 10.6. The lowest BCUT2D eigenvalue weighted by Crippen LogP contribution is -2.30. The molecule has 2 rings (SSSR count). The number of hydroxylamine groups is 2. The number of carbonyl (C=O) groups excluding carboxylic acids is 1. The second-order valence-electron chi connectivity index (χ2n) is 4.84. The van der Waals surface area contributed by atoms with Crippen molar-refractivity contribution in [2.75, 3.05) is 6.66 Å². The summed E-state index contributed by atoms with van der Waals surface area (Å²) in [5.41, 5.74) is -0.912. The SMILES string of the molecule is CC(=O)N(Cc1cc(Cl)cc2[nH]c(=O)c(=O)[nH]c12)OP(C)(=O)O. The van der Waals surface area contributed by atoms with Gasteiger partial charge in [-0.2, -0.15) is 4.62 Å². The third kappa shape index (κ3) is 4.29. The first-order valence-corrected chi connectivity index (χ1v) is 8.70. The molecule has 9 nitrogen and oxygen atoms in total. The number of aromatic amines is 2. The van der Waals surface area contributed by atoms with Gasteiger partial charge >= 0.3 is 18.7 Å². The van der Waals surface area contributed by atoms with E-state index in [2.05, 4.69) is 9.97 Å². The molecule has 1 heterocycles. The summed E-state index contributed by atoms with van der Waals surface area (Å²) in [6.45, 7) is 1.82. The van der Waals surface area contributed by atoms with Crippen molar-refractivity contribution in [2.24, 2.45) is 0 Å². The van der Waals surface area contributed by atoms with Crippen molar-refractivity contribution < 1.29 is 18.9 Å². The summed E-state index contributed by atoms with van der Waals surface area (Å²) < 4.78 is 16.1. The maximum Gasteiger partial charge on any atom is 0.346 e. The van der Waals surface area contributed by atoms with Gasteiger partial charge in [-0.05, 0) is 12.1 Å². The maximum absolute atomic E-state index is 11.6. The van der Waals surface area contributed by atoms with Crippen molar-refractivity contribution in [3.8, 4) is 0 Å². The largest absolute Gasteiger partial charge is 0.346 e. The van der Waals surface area contributed by atoms with E-state index < -0.39 is 24.6 Å². The summed E-state index contributed by atoms with van der Waals surface area (Å²) in [6.07, 6.45) is 0. The zero-order valence-corrected chi connectivity index (χ0v) is 13.8. The van der Waals surface area contributed by atoms with Crippen LogP contribution in [0.15, 0.2) is 21.7 Å². The first-order valence-electron chi connectivity index (χ1n) is 6.29. The smallest absolute Gasteiger partial charge is 0.323 e. The number of nitrogens with one attached hydrogen (secondary N) is 2. The predicted molar refractivity (Wildman–Crippen MR) is 83.3 cm³/mol. The summed E-state index contributed by atoms with van der Waals surface area (Å²) in [5, 5.41) is 0.914. The van der Waals surface area contributed by atoms with Crippen LogP contribution in [0.5, 0.6) is 0 Å². The van der Waals surface area contributed by atoms with E-state index >= 15 is 0 Å². The molecule has 124 valence electrons. The Bertz CT molecular complexity index is 931. The van der Waals surface area contributed by atoms with Gasteiger partial charge in [-0.1, -0.05) is 11.6 Å². The van der Waals surface area contributed by atoms with Gasteiger partial charge in [0, 0.05) is 24.2 Å². The van der Waals surface area contributed by atoms with Crippen molar-refractivity contribution >= 4 is 36.1 Å². The van der Waals surface area contributed by atoms with Crippen LogP contribution < -0.4 is 11.1 Å². The minimum atomic E-state index is -3.96. The number of amides is 1. The molecule has 1 aromatic heterocycles. The number of fused-ring (bicyclic) bond motifs is 1. The molecule has 0 aliphatic heterocycles. The Morgan fingerprint density at radius 3 is 2.52 bits per heavy atom. The molecule has 0 radical (unpaired) electrons. The lowest BCUT2D eigenvalue weighted by molar-refractivity contribution is -0.158. The maximum atomic E-state index is 11.6. The lowest BCUT2D eigenvalue weighted by atomic mass is 10.1. The summed E-state index contributed by atoms with van der Waals surface area (Å²) >= 11 is 5.95. The Balaban J connectivity index is 2.55. The van der Waals surface area contributed by atoms with Gasteiger partial charge in [-0.25, -0.2) is 5.06 Å². The van der Waals surface area contributed by atoms with E-state index in [0.717, 1.165) is 13.6 Å². The van der Waals surface area contributed by atoms with E-state index in [9.17, 15) is 23.8 Å². The number of aromatic nitrogens is 2. The fourth-order valence-electron chi connectivity index (χ4n) is 1.92. The molecule has 3 N–H and O–H groups in total. The molecule has 23 heavy (non-hydrogen) atoms. The second kappa shape index (κ2) is 6.29. The fourth-order valence-corrected chi connectivity index (χ4v) is 2.70. The monoisotopic (exact) mass is 361 g/mol. The number of benzene rings is 1. The average molecular weight is 362 g/mol. The van der Waals surface area contributed by atoms with Gasteiger partial charge in [0.15, 0.2) is 0 Å². The molecular weight excluding hydrogens is 349 g/mol. The molecule has 1 amide bonds. The van der Waals surface area contributed by atoms with Crippen LogP contribution in [0.2, 0.25) is 5.02 Å². The molecule has 0 aliphatic rings. The van der Waals surface area contributed by atoms with Gasteiger partial charge in [0.25, 0.3) is 0 Å². The van der Waals surface area contributed by atoms with Crippen molar-refractivity contribution in [1.82, 2.24) is 15.0 Å². The zero-order chi connectivity index (χ0) is 17.4. The molecule has 1 unspecified atom stereocenters. The topological polar surface area (TPSA) is 133 Å². The van der Waals surface area contributed by atoms with Crippen LogP contribution >= 0.6 is 19.2 Å². The van der Waals surface area contributed by atoms with Gasteiger partial charge in [0.1, 0.15) is 0 Å². The normalized spacial score (nSPS) is 13.7. The molecule has 1 atom stereocenters. The highest BCUT2D eigenvalue weighted by atomic mass is 35.5. The Hall–Kier alpha value is -1.93. The fraction of sp³-hybridized carbons (Fsp3) is 0.250. The summed E-state index contributed by atoms with van der Waals surface area (Å²) in [5.74, 6) is -0.624. The minimum Gasteiger partial charge on any atom is -0.323 e. The number of hydrogen-bond donors (Lipinski definition) is 3. The Morgan fingerprint density at radius 2 is 1.96 bits per heavy atom. The summed E-state index contributed by atoms with van der Waals surface area (Å²) in [7, 11) is -3.96. The molecule has 0 spiro atoms. The van der Waals surface area contributed by atoms with E-state index in [-0.39, 0.29) is 22.6 Å². The lowest BCUT2D eigenvalue weighted by Gasteiger charge is -2.22. The summed E-state index contributed by atoms with van der Waals surface area (Å²) in [4.78, 5) is 48.4. The van der Waals surface area contributed by atoms with Crippen molar-refractivity contribution in [3.63, 3.8) is 0 Å². The predicted octanol–water partition coefficient (Wildman–Crippen LogP) is 0.965.